The van der Waals surface area contributed by atoms with Gasteiger partial charge in [-0.2, -0.15) is 5.10 Å². The highest BCUT2D eigenvalue weighted by Crippen LogP contribution is 2.18. The van der Waals surface area contributed by atoms with Crippen molar-refractivity contribution in [1.29, 1.82) is 0 Å². The number of hydrogen-bond acceptors (Lipinski definition) is 4. The van der Waals surface area contributed by atoms with Gasteiger partial charge in [-0.05, 0) is 61.7 Å². The zero-order chi connectivity index (χ0) is 18.8. The smallest absolute Gasteiger partial charge is 0.271 e. The molecule has 0 heterocycles. The predicted molar refractivity (Wildman–Crippen MR) is 104 cm³/mol. The summed E-state index contributed by atoms with van der Waals surface area (Å²) in [5.41, 5.74) is 5.13. The summed E-state index contributed by atoms with van der Waals surface area (Å²) in [5, 5.41) is 4.14. The lowest BCUT2D eigenvalue weighted by molar-refractivity contribution is 0.0954. The first kappa shape index (κ1) is 19.5. The molecular formula is C21H26N2O3. The molecule has 0 aliphatic heterocycles. The van der Waals surface area contributed by atoms with Crippen molar-refractivity contribution in [2.45, 2.75) is 40.2 Å². The van der Waals surface area contributed by atoms with E-state index in [-0.39, 0.29) is 5.91 Å². The molecule has 0 fully saturated rings. The first-order valence-electron chi connectivity index (χ1n) is 8.96. The zero-order valence-electron chi connectivity index (χ0n) is 15.6. The maximum absolute atomic E-state index is 12.1. The summed E-state index contributed by atoms with van der Waals surface area (Å²) >= 11 is 0. The fraction of sp³-hybridized carbons (Fsp3) is 0.333. The number of benzene rings is 2. The molecular weight excluding hydrogens is 328 g/mol. The fourth-order valence-electron chi connectivity index (χ4n) is 2.32. The minimum absolute atomic E-state index is 0.205. The van der Waals surface area contributed by atoms with Crippen LogP contribution < -0.4 is 14.9 Å². The molecule has 0 unspecified atom stereocenters. The third kappa shape index (κ3) is 5.92. The van der Waals surface area contributed by atoms with Crippen LogP contribution in [0.4, 0.5) is 0 Å². The molecule has 0 aliphatic carbocycles. The Balaban J connectivity index is 1.88. The van der Waals surface area contributed by atoms with Crippen molar-refractivity contribution in [1.82, 2.24) is 5.43 Å². The van der Waals surface area contributed by atoms with E-state index in [0.717, 1.165) is 35.6 Å². The quantitative estimate of drug-likeness (QED) is 0.530. The molecule has 0 bridgehead atoms. The molecule has 0 saturated heterocycles. The minimum atomic E-state index is -0.205. The monoisotopic (exact) mass is 354 g/mol. The van der Waals surface area contributed by atoms with E-state index in [0.29, 0.717) is 18.8 Å². The number of carbonyl (C=O) groups is 1. The molecule has 0 atom stereocenters. The summed E-state index contributed by atoms with van der Waals surface area (Å²) in [6.07, 6.45) is 1.66. The molecule has 0 spiro atoms. The summed E-state index contributed by atoms with van der Waals surface area (Å²) < 4.78 is 11.2. The van der Waals surface area contributed by atoms with Crippen LogP contribution in [0.3, 0.4) is 0 Å². The highest BCUT2D eigenvalue weighted by Gasteiger charge is 2.05. The number of nitrogens with one attached hydrogen (secondary N) is 1. The molecule has 0 radical (unpaired) electrons. The van der Waals surface area contributed by atoms with Crippen LogP contribution in [-0.2, 0) is 6.61 Å². The first-order chi connectivity index (χ1) is 12.7. The van der Waals surface area contributed by atoms with Crippen molar-refractivity contribution in [2.24, 2.45) is 5.10 Å². The van der Waals surface area contributed by atoms with Gasteiger partial charge in [0.25, 0.3) is 5.91 Å². The van der Waals surface area contributed by atoms with Crippen LogP contribution in [0.5, 0.6) is 11.5 Å². The van der Waals surface area contributed by atoms with Gasteiger partial charge in [0.05, 0.1) is 6.61 Å². The molecule has 2 rings (SSSR count). The van der Waals surface area contributed by atoms with Gasteiger partial charge in [-0.3, -0.25) is 4.79 Å². The average Bonchev–Trinajstić information content (AvgIpc) is 2.68. The first-order valence-corrected chi connectivity index (χ1v) is 8.96. The summed E-state index contributed by atoms with van der Waals surface area (Å²) in [7, 11) is 0. The highest BCUT2D eigenvalue weighted by atomic mass is 16.5. The largest absolute Gasteiger partial charge is 0.494 e. The standard InChI is InChI=1S/C21H26N2O3/c1-4-18(5-2)22-23-21(24)17-9-7-16(8-10-17)15-26-20-13-11-19(12-14-20)25-6-3/h7-14H,4-6,15H2,1-3H3,(H,23,24). The number of nitrogens with zero attached hydrogens (tertiary/aromatic N) is 1. The van der Waals surface area contributed by atoms with Gasteiger partial charge in [0.2, 0.25) is 0 Å². The molecule has 5 nitrogen and oxygen atoms in total. The minimum Gasteiger partial charge on any atom is -0.494 e. The average molecular weight is 354 g/mol. The third-order valence-corrected chi connectivity index (χ3v) is 3.89. The summed E-state index contributed by atoms with van der Waals surface area (Å²) in [6, 6.07) is 14.8. The molecule has 1 N–H and O–H groups in total. The van der Waals surface area contributed by atoms with Gasteiger partial charge in [0.15, 0.2) is 0 Å². The van der Waals surface area contributed by atoms with Crippen LogP contribution in [0.15, 0.2) is 53.6 Å². The van der Waals surface area contributed by atoms with E-state index in [1.165, 1.54) is 0 Å². The lowest BCUT2D eigenvalue weighted by Crippen LogP contribution is -2.19. The summed E-state index contributed by atoms with van der Waals surface area (Å²) in [5.74, 6) is 1.40. The molecule has 138 valence electrons. The van der Waals surface area contributed by atoms with Crippen LogP contribution in [0.25, 0.3) is 0 Å². The molecule has 0 aliphatic rings. The van der Waals surface area contributed by atoms with E-state index in [9.17, 15) is 4.79 Å². The van der Waals surface area contributed by atoms with Crippen molar-refractivity contribution in [3.05, 3.63) is 59.7 Å². The van der Waals surface area contributed by atoms with E-state index in [4.69, 9.17) is 9.47 Å². The Hall–Kier alpha value is -2.82. The van der Waals surface area contributed by atoms with E-state index < -0.39 is 0 Å². The molecule has 2 aromatic rings. The Kier molecular flexibility index (Phi) is 7.68. The Labute approximate surface area is 155 Å². The second-order valence-electron chi connectivity index (χ2n) is 5.72. The molecule has 5 heteroatoms. The molecule has 26 heavy (non-hydrogen) atoms. The number of rotatable bonds is 9. The van der Waals surface area contributed by atoms with Crippen LogP contribution in [-0.4, -0.2) is 18.2 Å². The van der Waals surface area contributed by atoms with Crippen molar-refractivity contribution < 1.29 is 14.3 Å². The zero-order valence-corrected chi connectivity index (χ0v) is 15.6. The lowest BCUT2D eigenvalue weighted by atomic mass is 10.1. The van der Waals surface area contributed by atoms with Crippen LogP contribution in [0, 0.1) is 0 Å². The Morgan fingerprint density at radius 2 is 1.46 bits per heavy atom. The Bertz CT molecular complexity index is 716. The van der Waals surface area contributed by atoms with Crippen LogP contribution >= 0.6 is 0 Å². The third-order valence-electron chi connectivity index (χ3n) is 3.89. The van der Waals surface area contributed by atoms with Gasteiger partial charge in [0.1, 0.15) is 18.1 Å². The predicted octanol–water partition coefficient (Wildman–Crippen LogP) is 4.57. The van der Waals surface area contributed by atoms with E-state index in [1.54, 1.807) is 12.1 Å². The SMILES string of the molecule is CCOc1ccc(OCc2ccc(C(=O)NN=C(CC)CC)cc2)cc1. The number of hydrazone groups is 1. The highest BCUT2D eigenvalue weighted by molar-refractivity contribution is 5.95. The van der Waals surface area contributed by atoms with Gasteiger partial charge in [-0.15, -0.1) is 0 Å². The van der Waals surface area contributed by atoms with Crippen LogP contribution in [0.1, 0.15) is 49.5 Å². The van der Waals surface area contributed by atoms with E-state index in [2.05, 4.69) is 10.5 Å². The summed E-state index contributed by atoms with van der Waals surface area (Å²) in [6.45, 7) is 7.07. The maximum Gasteiger partial charge on any atom is 0.271 e. The van der Waals surface area contributed by atoms with Crippen molar-refractivity contribution in [3.8, 4) is 11.5 Å². The molecule has 0 aromatic heterocycles. The van der Waals surface area contributed by atoms with Crippen molar-refractivity contribution in [2.75, 3.05) is 6.61 Å². The normalized spacial score (nSPS) is 10.1. The van der Waals surface area contributed by atoms with Crippen LogP contribution in [0.2, 0.25) is 0 Å². The molecule has 2 aromatic carbocycles. The van der Waals surface area contributed by atoms with Crippen molar-refractivity contribution in [3.63, 3.8) is 0 Å². The van der Waals surface area contributed by atoms with E-state index in [1.807, 2.05) is 57.2 Å². The number of amides is 1. The van der Waals surface area contributed by atoms with Gasteiger partial charge >= 0.3 is 0 Å². The molecule has 1 amide bonds. The Morgan fingerprint density at radius 1 is 0.885 bits per heavy atom. The molecule has 0 saturated carbocycles. The van der Waals surface area contributed by atoms with Gasteiger partial charge in [0, 0.05) is 11.3 Å². The number of hydrogen-bond donors (Lipinski definition) is 1. The Morgan fingerprint density at radius 3 is 2.00 bits per heavy atom. The van der Waals surface area contributed by atoms with Gasteiger partial charge < -0.3 is 9.47 Å². The topological polar surface area (TPSA) is 59.9 Å². The second kappa shape index (κ2) is 10.2. The fourth-order valence-corrected chi connectivity index (χ4v) is 2.32. The second-order valence-corrected chi connectivity index (χ2v) is 5.72. The van der Waals surface area contributed by atoms with Gasteiger partial charge in [-0.25, -0.2) is 5.43 Å². The van der Waals surface area contributed by atoms with E-state index >= 15 is 0 Å². The number of carbonyl (C=O) groups excluding carboxylic acids is 1. The van der Waals surface area contributed by atoms with Gasteiger partial charge in [-0.1, -0.05) is 26.0 Å². The maximum atomic E-state index is 12.1. The van der Waals surface area contributed by atoms with Crippen molar-refractivity contribution >= 4 is 11.6 Å². The summed E-state index contributed by atoms with van der Waals surface area (Å²) in [4.78, 5) is 12.1. The lowest BCUT2D eigenvalue weighted by Gasteiger charge is -2.08. The number of ether oxygens (including phenoxy) is 2.